The van der Waals surface area contributed by atoms with E-state index in [0.29, 0.717) is 0 Å². The molecule has 1 spiro atoms. The third-order valence-corrected chi connectivity index (χ3v) is 14.0. The second kappa shape index (κ2) is 13.6. The molecule has 0 bridgehead atoms. The highest BCUT2D eigenvalue weighted by molar-refractivity contribution is 6.18. The number of benzene rings is 10. The highest BCUT2D eigenvalue weighted by atomic mass is 16.3. The van der Waals surface area contributed by atoms with Crippen molar-refractivity contribution < 1.29 is 4.42 Å². The zero-order valence-corrected chi connectivity index (χ0v) is 36.0. The molecule has 2 heterocycles. The molecule has 3 nitrogen and oxygen atoms in total. The lowest BCUT2D eigenvalue weighted by Crippen LogP contribution is -2.36. The number of fused-ring (bicyclic) bond motifs is 16. The van der Waals surface area contributed by atoms with Gasteiger partial charge in [0.25, 0.3) is 0 Å². The van der Waals surface area contributed by atoms with Crippen molar-refractivity contribution >= 4 is 77.6 Å². The van der Waals surface area contributed by atoms with Gasteiger partial charge >= 0.3 is 0 Å². The molecule has 0 fully saturated rings. The van der Waals surface area contributed by atoms with Gasteiger partial charge in [-0.2, -0.15) is 0 Å². The first-order chi connectivity index (χ1) is 31.4. The van der Waals surface area contributed by atoms with E-state index < -0.39 is 5.41 Å². The summed E-state index contributed by atoms with van der Waals surface area (Å²) < 4.78 is 6.90. The summed E-state index contributed by atoms with van der Waals surface area (Å²) in [7, 11) is 0. The molecule has 13 rings (SSSR count). The van der Waals surface area contributed by atoms with Crippen molar-refractivity contribution in [1.82, 2.24) is 0 Å². The lowest BCUT2D eigenvalue weighted by molar-refractivity contribution is 0.590. The largest absolute Gasteiger partial charge is 0.454 e. The Kier molecular flexibility index (Phi) is 7.78. The van der Waals surface area contributed by atoms with E-state index >= 15 is 0 Å². The van der Waals surface area contributed by atoms with Crippen LogP contribution in [-0.4, -0.2) is 0 Å². The third-order valence-electron chi connectivity index (χ3n) is 14.0. The summed E-state index contributed by atoms with van der Waals surface area (Å²) in [5.74, 6) is 0. The Hall–Kier alpha value is -7.88. The number of anilines is 6. The van der Waals surface area contributed by atoms with Crippen LogP contribution in [0.15, 0.2) is 217 Å². The standard InChI is InChI=1S/C61H44N2O/c1-60(2,3)40-33-35-42(36-34-40)63(54-30-17-25-47-45-23-11-16-31-56(45)64-59(47)54)55-38-51-58(46-24-10-9-22-44(46)55)57-43-21-8-7-18-39(43)32-37-50(57)61(51)48-26-12-14-28-52(48)62(41-19-5-4-6-20-41)53-29-15-13-27-49(53)61/h4-38H,1-3H3. The molecule has 0 saturated heterocycles. The Morgan fingerprint density at radius 3 is 1.77 bits per heavy atom. The van der Waals surface area contributed by atoms with Gasteiger partial charge in [-0.25, -0.2) is 0 Å². The summed E-state index contributed by atoms with van der Waals surface area (Å²) >= 11 is 0. The van der Waals surface area contributed by atoms with E-state index in [1.54, 1.807) is 0 Å². The molecule has 10 aromatic carbocycles. The fourth-order valence-electron chi connectivity index (χ4n) is 11.2. The van der Waals surface area contributed by atoms with Gasteiger partial charge in [0.2, 0.25) is 0 Å². The average molecular weight is 821 g/mol. The Balaban J connectivity index is 1.20. The van der Waals surface area contributed by atoms with E-state index in [1.807, 2.05) is 0 Å². The number of furan rings is 1. The summed E-state index contributed by atoms with van der Waals surface area (Å²) in [5.41, 5.74) is 16.7. The Labute approximate surface area is 373 Å². The Morgan fingerprint density at radius 2 is 1.03 bits per heavy atom. The first-order valence-electron chi connectivity index (χ1n) is 22.4. The molecule has 1 aliphatic carbocycles. The molecule has 0 amide bonds. The number of nitrogens with zero attached hydrogens (tertiary/aromatic N) is 2. The van der Waals surface area contributed by atoms with Crippen molar-refractivity contribution in [2.75, 3.05) is 9.80 Å². The molecular formula is C61H44N2O. The van der Waals surface area contributed by atoms with E-state index in [2.05, 4.69) is 243 Å². The van der Waals surface area contributed by atoms with Gasteiger partial charge in [-0.1, -0.05) is 178 Å². The number of rotatable bonds is 4. The molecule has 0 N–H and O–H groups in total. The first kappa shape index (κ1) is 36.7. The average Bonchev–Trinajstić information content (AvgIpc) is 3.87. The van der Waals surface area contributed by atoms with Gasteiger partial charge in [0.05, 0.1) is 28.2 Å². The zero-order chi connectivity index (χ0) is 42.7. The molecule has 3 heteroatoms. The second-order valence-corrected chi connectivity index (χ2v) is 18.4. The van der Waals surface area contributed by atoms with Crippen LogP contribution in [0.1, 0.15) is 48.6 Å². The van der Waals surface area contributed by atoms with Crippen LogP contribution in [0.3, 0.4) is 0 Å². The summed E-state index contributed by atoms with van der Waals surface area (Å²) in [6.07, 6.45) is 0. The number of para-hydroxylation sites is 5. The SMILES string of the molecule is CC(C)(C)c1ccc(N(c2cc3c(c4ccccc24)-c2c(ccc4ccccc24)C32c3ccccc3N(c3ccccc3)c3ccccc32)c2cccc3c2oc2ccccc23)cc1. The molecule has 64 heavy (non-hydrogen) atoms. The maximum Gasteiger partial charge on any atom is 0.159 e. The molecule has 0 radical (unpaired) electrons. The quantitative estimate of drug-likeness (QED) is 0.176. The summed E-state index contributed by atoms with van der Waals surface area (Å²) in [4.78, 5) is 4.92. The van der Waals surface area contributed by atoms with Gasteiger partial charge in [0.1, 0.15) is 5.58 Å². The van der Waals surface area contributed by atoms with Gasteiger partial charge in [-0.3, -0.25) is 0 Å². The van der Waals surface area contributed by atoms with E-state index in [-0.39, 0.29) is 5.41 Å². The lowest BCUT2D eigenvalue weighted by atomic mass is 9.64. The van der Waals surface area contributed by atoms with E-state index in [4.69, 9.17) is 4.42 Å². The second-order valence-electron chi connectivity index (χ2n) is 18.4. The maximum atomic E-state index is 6.90. The van der Waals surface area contributed by atoms with Crippen LogP contribution in [0.4, 0.5) is 34.1 Å². The van der Waals surface area contributed by atoms with Gasteiger partial charge in [-0.15, -0.1) is 0 Å². The fraction of sp³-hybridized carbons (Fsp3) is 0.0820. The van der Waals surface area contributed by atoms with Crippen molar-refractivity contribution in [1.29, 1.82) is 0 Å². The Bertz CT molecular complexity index is 3620. The minimum Gasteiger partial charge on any atom is -0.454 e. The molecular weight excluding hydrogens is 777 g/mol. The van der Waals surface area contributed by atoms with Crippen molar-refractivity contribution in [3.8, 4) is 11.1 Å². The van der Waals surface area contributed by atoms with Gasteiger partial charge in [0, 0.05) is 27.5 Å². The molecule has 2 aliphatic rings. The molecule has 0 saturated carbocycles. The van der Waals surface area contributed by atoms with Crippen LogP contribution in [0, 0.1) is 0 Å². The molecule has 11 aromatic rings. The summed E-state index contributed by atoms with van der Waals surface area (Å²) in [5, 5.41) is 7.10. The fourth-order valence-corrected chi connectivity index (χ4v) is 11.2. The van der Waals surface area contributed by atoms with Gasteiger partial charge < -0.3 is 14.2 Å². The molecule has 1 aromatic heterocycles. The smallest absolute Gasteiger partial charge is 0.159 e. The van der Waals surface area contributed by atoms with Crippen molar-refractivity contribution in [3.05, 3.63) is 240 Å². The molecule has 304 valence electrons. The lowest BCUT2D eigenvalue weighted by Gasteiger charge is -2.45. The Morgan fingerprint density at radius 1 is 0.438 bits per heavy atom. The summed E-state index contributed by atoms with van der Waals surface area (Å²) in [6.45, 7) is 6.84. The van der Waals surface area contributed by atoms with Crippen LogP contribution in [0.5, 0.6) is 0 Å². The predicted octanol–water partition coefficient (Wildman–Crippen LogP) is 16.8. The van der Waals surface area contributed by atoms with Crippen LogP contribution < -0.4 is 9.80 Å². The van der Waals surface area contributed by atoms with Crippen LogP contribution in [0.2, 0.25) is 0 Å². The summed E-state index contributed by atoms with van der Waals surface area (Å²) in [6, 6.07) is 78.5. The van der Waals surface area contributed by atoms with Gasteiger partial charge in [-0.05, 0) is 115 Å². The highest BCUT2D eigenvalue weighted by Crippen LogP contribution is 2.66. The monoisotopic (exact) mass is 820 g/mol. The van der Waals surface area contributed by atoms with E-state index in [1.165, 1.54) is 71.9 Å². The number of hydrogen-bond acceptors (Lipinski definition) is 3. The minimum atomic E-state index is -0.668. The molecule has 1 aliphatic heterocycles. The normalized spacial score (nSPS) is 13.6. The van der Waals surface area contributed by atoms with Crippen LogP contribution in [-0.2, 0) is 10.8 Å². The van der Waals surface area contributed by atoms with Crippen LogP contribution >= 0.6 is 0 Å². The van der Waals surface area contributed by atoms with Crippen LogP contribution in [0.25, 0.3) is 54.6 Å². The minimum absolute atomic E-state index is 0.00129. The van der Waals surface area contributed by atoms with E-state index in [9.17, 15) is 0 Å². The van der Waals surface area contributed by atoms with E-state index in [0.717, 1.165) is 44.7 Å². The van der Waals surface area contributed by atoms with Gasteiger partial charge in [0.15, 0.2) is 5.58 Å². The molecule has 0 unspecified atom stereocenters. The van der Waals surface area contributed by atoms with Crippen molar-refractivity contribution in [2.24, 2.45) is 0 Å². The number of hydrogen-bond donors (Lipinski definition) is 0. The maximum absolute atomic E-state index is 6.90. The van der Waals surface area contributed by atoms with Crippen molar-refractivity contribution in [3.63, 3.8) is 0 Å². The van der Waals surface area contributed by atoms with Crippen molar-refractivity contribution in [2.45, 2.75) is 31.6 Å². The third kappa shape index (κ3) is 5.04. The highest BCUT2D eigenvalue weighted by Gasteiger charge is 2.53. The zero-order valence-electron chi connectivity index (χ0n) is 36.0. The topological polar surface area (TPSA) is 19.6 Å². The first-order valence-corrected chi connectivity index (χ1v) is 22.4. The molecule has 0 atom stereocenters. The predicted molar refractivity (Wildman–Crippen MR) is 268 cm³/mol.